The van der Waals surface area contributed by atoms with Gasteiger partial charge in [-0.15, -0.1) is 0 Å². The van der Waals surface area contributed by atoms with Crippen LogP contribution in [-0.4, -0.2) is 114 Å². The van der Waals surface area contributed by atoms with Crippen molar-refractivity contribution >= 4 is 42.7 Å². The van der Waals surface area contributed by atoms with E-state index in [0.717, 1.165) is 16.5 Å². The monoisotopic (exact) mass is 729 g/mol. The van der Waals surface area contributed by atoms with Crippen LogP contribution in [0.1, 0.15) is 45.9 Å². The molecule has 4 heterocycles. The molecule has 0 saturated carbocycles. The third-order valence-corrected chi connectivity index (χ3v) is 9.52. The molecule has 5 amide bonds. The molecule has 6 N–H and O–H groups in total. The summed E-state index contributed by atoms with van der Waals surface area (Å²) in [5, 5.41) is 51.9. The highest BCUT2D eigenvalue weighted by atomic mass is 35.5. The van der Waals surface area contributed by atoms with Gasteiger partial charge < -0.3 is 40.5 Å². The van der Waals surface area contributed by atoms with E-state index in [2.05, 4.69) is 25.7 Å². The van der Waals surface area contributed by atoms with Crippen molar-refractivity contribution in [3.8, 4) is 17.2 Å². The SMILES string of the molecule is O=C(O)c1c(F)ccc2c1OB(O)[C@@H](NC(=O)[C@H](NC(=O)N1CCN(C3CCN(Cc4ccnnc4)CC3)C1=O)c1cc(F)c(O)c(O)c1Cl)C2. The molecule has 16 nitrogen and oxygen atoms in total. The highest BCUT2D eigenvalue weighted by molar-refractivity contribution is 6.47. The number of carbonyl (C=O) groups excluding carboxylic acids is 3. The van der Waals surface area contributed by atoms with E-state index in [0.29, 0.717) is 38.5 Å². The van der Waals surface area contributed by atoms with Gasteiger partial charge in [0.2, 0.25) is 5.91 Å². The van der Waals surface area contributed by atoms with Crippen molar-refractivity contribution in [1.82, 2.24) is 35.5 Å². The molecule has 2 atom stereocenters. The van der Waals surface area contributed by atoms with Crippen LogP contribution < -0.4 is 15.3 Å². The van der Waals surface area contributed by atoms with E-state index in [1.807, 2.05) is 6.07 Å². The van der Waals surface area contributed by atoms with E-state index >= 15 is 0 Å². The summed E-state index contributed by atoms with van der Waals surface area (Å²) in [6.07, 6.45) is 4.32. The Bertz CT molecular complexity index is 1870. The number of aromatic hydroxyl groups is 2. The maximum atomic E-state index is 14.6. The molecule has 0 spiro atoms. The van der Waals surface area contributed by atoms with E-state index in [1.165, 1.54) is 6.07 Å². The average Bonchev–Trinajstić information content (AvgIpc) is 3.50. The molecule has 2 fully saturated rings. The van der Waals surface area contributed by atoms with Crippen LogP contribution in [0.4, 0.5) is 18.4 Å². The zero-order valence-corrected chi connectivity index (χ0v) is 27.4. The first kappa shape index (κ1) is 35.6. The van der Waals surface area contributed by atoms with Gasteiger partial charge >= 0.3 is 25.1 Å². The van der Waals surface area contributed by atoms with E-state index in [-0.39, 0.29) is 31.1 Å². The Morgan fingerprint density at radius 2 is 1.80 bits per heavy atom. The van der Waals surface area contributed by atoms with Crippen LogP contribution in [0, 0.1) is 11.6 Å². The summed E-state index contributed by atoms with van der Waals surface area (Å²) in [5.74, 6) is -9.34. The Morgan fingerprint density at radius 3 is 2.49 bits per heavy atom. The highest BCUT2D eigenvalue weighted by Crippen LogP contribution is 2.41. The minimum atomic E-state index is -1.91. The number of piperidine rings is 1. The smallest absolute Gasteiger partial charge is 0.534 e. The minimum absolute atomic E-state index is 0.0424. The van der Waals surface area contributed by atoms with Gasteiger partial charge in [0.1, 0.15) is 23.2 Å². The zero-order valence-electron chi connectivity index (χ0n) is 26.6. The number of nitrogens with one attached hydrogen (secondary N) is 2. The van der Waals surface area contributed by atoms with Crippen molar-refractivity contribution < 1.29 is 53.0 Å². The molecular formula is C31H31BClF2N7O9. The predicted octanol–water partition coefficient (Wildman–Crippen LogP) is 1.81. The van der Waals surface area contributed by atoms with Crippen molar-refractivity contribution in [2.45, 2.75) is 43.8 Å². The Balaban J connectivity index is 1.17. The van der Waals surface area contributed by atoms with Gasteiger partial charge in [0.15, 0.2) is 17.3 Å². The first-order chi connectivity index (χ1) is 24.3. The number of aromatic nitrogens is 2. The molecule has 0 aliphatic carbocycles. The molecule has 2 aromatic carbocycles. The van der Waals surface area contributed by atoms with Crippen molar-refractivity contribution in [1.29, 1.82) is 0 Å². The minimum Gasteiger partial charge on any atom is -0.534 e. The summed E-state index contributed by atoms with van der Waals surface area (Å²) in [4.78, 5) is 57.1. The number of fused-ring (bicyclic) bond motifs is 1. The predicted molar refractivity (Wildman–Crippen MR) is 173 cm³/mol. The Morgan fingerprint density at radius 1 is 1.06 bits per heavy atom. The molecule has 6 rings (SSSR count). The van der Waals surface area contributed by atoms with E-state index in [4.69, 9.17) is 16.3 Å². The number of aromatic carboxylic acids is 1. The van der Waals surface area contributed by atoms with Crippen molar-refractivity contribution in [2.75, 3.05) is 26.2 Å². The number of hydrogen-bond acceptors (Lipinski definition) is 11. The summed E-state index contributed by atoms with van der Waals surface area (Å²) >= 11 is 6.20. The van der Waals surface area contributed by atoms with Gasteiger partial charge in [-0.05, 0) is 48.6 Å². The molecule has 3 aliphatic heterocycles. The van der Waals surface area contributed by atoms with Crippen LogP contribution in [0.5, 0.6) is 17.2 Å². The number of imide groups is 1. The van der Waals surface area contributed by atoms with Crippen LogP contribution in [0.25, 0.3) is 0 Å². The third-order valence-electron chi connectivity index (χ3n) is 9.12. The number of benzene rings is 2. The first-order valence-corrected chi connectivity index (χ1v) is 16.2. The number of likely N-dealkylation sites (tertiary alicyclic amines) is 1. The third kappa shape index (κ3) is 7.17. The van der Waals surface area contributed by atoms with Crippen LogP contribution in [0.2, 0.25) is 5.02 Å². The maximum Gasteiger partial charge on any atom is 0.547 e. The van der Waals surface area contributed by atoms with Crippen LogP contribution >= 0.6 is 11.6 Å². The van der Waals surface area contributed by atoms with Gasteiger partial charge in [-0.3, -0.25) is 9.69 Å². The number of phenols is 2. The van der Waals surface area contributed by atoms with Crippen LogP contribution in [0.15, 0.2) is 36.7 Å². The number of carboxylic acid groups (broad SMARTS) is 1. The number of rotatable bonds is 8. The molecule has 2 saturated heterocycles. The fraction of sp³-hybridized carbons (Fsp3) is 0.355. The van der Waals surface area contributed by atoms with Gasteiger partial charge in [-0.1, -0.05) is 17.7 Å². The second-order valence-electron chi connectivity index (χ2n) is 12.3. The lowest BCUT2D eigenvalue weighted by molar-refractivity contribution is -0.123. The largest absolute Gasteiger partial charge is 0.547 e. The molecule has 268 valence electrons. The van der Waals surface area contributed by atoms with E-state index < -0.39 is 88.1 Å². The quantitative estimate of drug-likeness (QED) is 0.145. The number of halogens is 3. The molecule has 0 unspecified atom stereocenters. The molecule has 51 heavy (non-hydrogen) atoms. The topological polar surface area (TPSA) is 218 Å². The van der Waals surface area contributed by atoms with Crippen LogP contribution in [-0.2, 0) is 17.8 Å². The number of amides is 5. The van der Waals surface area contributed by atoms with Gasteiger partial charge in [-0.25, -0.2) is 28.1 Å². The second-order valence-corrected chi connectivity index (χ2v) is 12.6. The van der Waals surface area contributed by atoms with E-state index in [1.54, 1.807) is 17.3 Å². The molecule has 0 radical (unpaired) electrons. The lowest BCUT2D eigenvalue weighted by Crippen LogP contribution is -2.56. The number of nitrogens with zero attached hydrogens (tertiary/aromatic N) is 5. The summed E-state index contributed by atoms with van der Waals surface area (Å²) in [7, 11) is -1.90. The van der Waals surface area contributed by atoms with Gasteiger partial charge in [-0.2, -0.15) is 10.2 Å². The molecule has 20 heteroatoms. The second kappa shape index (κ2) is 14.5. The fourth-order valence-electron chi connectivity index (χ4n) is 6.48. The Labute approximate surface area is 293 Å². The lowest BCUT2D eigenvalue weighted by atomic mass is 9.72. The number of carbonyl (C=O) groups is 4. The van der Waals surface area contributed by atoms with E-state index in [9.17, 15) is 48.3 Å². The molecule has 0 bridgehead atoms. The number of carboxylic acids is 1. The Hall–Kier alpha value is -5.27. The fourth-order valence-corrected chi connectivity index (χ4v) is 6.74. The van der Waals surface area contributed by atoms with Crippen molar-refractivity contribution in [3.05, 3.63) is 75.6 Å². The van der Waals surface area contributed by atoms with Crippen LogP contribution in [0.3, 0.4) is 0 Å². The molecule has 1 aromatic heterocycles. The zero-order chi connectivity index (χ0) is 36.6. The average molecular weight is 730 g/mol. The number of hydrogen-bond donors (Lipinski definition) is 6. The first-order valence-electron chi connectivity index (χ1n) is 15.8. The van der Waals surface area contributed by atoms with Gasteiger partial charge in [0, 0.05) is 50.5 Å². The summed E-state index contributed by atoms with van der Waals surface area (Å²) in [5.41, 5.74) is -0.195. The highest BCUT2D eigenvalue weighted by Gasteiger charge is 2.43. The summed E-state index contributed by atoms with van der Waals surface area (Å²) in [6.45, 7) is 2.21. The van der Waals surface area contributed by atoms with Gasteiger partial charge in [0.25, 0.3) is 0 Å². The van der Waals surface area contributed by atoms with Crippen molar-refractivity contribution in [3.63, 3.8) is 0 Å². The number of phenolic OH excluding ortho intramolecular Hbond substituents is 2. The van der Waals surface area contributed by atoms with Crippen molar-refractivity contribution in [2.24, 2.45) is 0 Å². The summed E-state index contributed by atoms with van der Waals surface area (Å²) < 4.78 is 34.1. The normalized spacial score (nSPS) is 18.6. The molecule has 3 aliphatic rings. The Kier molecular flexibility index (Phi) is 10.1. The molecule has 3 aromatic rings. The number of urea groups is 2. The molecular weight excluding hydrogens is 699 g/mol. The maximum absolute atomic E-state index is 14.6. The summed E-state index contributed by atoms with van der Waals surface area (Å²) in [6, 6.07) is 0.828. The lowest BCUT2D eigenvalue weighted by Gasteiger charge is -2.36. The van der Waals surface area contributed by atoms with Gasteiger partial charge in [0.05, 0.1) is 17.2 Å². The standard InChI is InChI=1S/C31H31BClF2N7O9/c33-23-18(12-20(35)25(43)26(23)44)24(28(45)38-21-11-16-1-2-19(34)22(29(46)47)27(16)51-32(21)50)39-30(48)42-10-9-41(31(42)49)17-4-7-40(8-5-17)14-15-3-6-36-37-13-15/h1-3,6,12-13,17,21,24,43-44,50H,4-5,7-11,14H2,(H,38,45)(H,39,48)(H,46,47)/t21-,24+/m0/s1.